The Morgan fingerprint density at radius 2 is 2.20 bits per heavy atom. The Kier molecular flexibility index (Phi) is 3.14. The van der Waals surface area contributed by atoms with E-state index in [0.717, 1.165) is 6.54 Å². The topological polar surface area (TPSA) is 24.1 Å². The minimum atomic E-state index is 0.597. The highest BCUT2D eigenvalue weighted by atomic mass is 15.1. The minimum Gasteiger partial charge on any atom is -0.381 e. The molecule has 2 heteroatoms. The zero-order valence-electron chi connectivity index (χ0n) is 9.64. The predicted octanol–water partition coefficient (Wildman–Crippen LogP) is 3.39. The summed E-state index contributed by atoms with van der Waals surface area (Å²) in [5.41, 5.74) is 3.83. The highest BCUT2D eigenvalue weighted by molar-refractivity contribution is 5.72. The van der Waals surface area contributed by atoms with Crippen LogP contribution in [0.2, 0.25) is 0 Å². The summed E-state index contributed by atoms with van der Waals surface area (Å²) in [6, 6.07) is 7.13. The van der Waals surface area contributed by atoms with Crippen LogP contribution in [0.25, 0.3) is 0 Å². The number of nitrogens with one attached hydrogen (secondary N) is 2. The molecule has 82 valence electrons. The Balaban J connectivity index is 2.05. The number of anilines is 2. The summed E-state index contributed by atoms with van der Waals surface area (Å²) in [5, 5.41) is 7.10. The van der Waals surface area contributed by atoms with Crippen LogP contribution in [0.3, 0.4) is 0 Å². The minimum absolute atomic E-state index is 0.597. The molecule has 1 aliphatic heterocycles. The fourth-order valence-corrected chi connectivity index (χ4v) is 2.06. The van der Waals surface area contributed by atoms with Gasteiger partial charge in [-0.1, -0.05) is 25.8 Å². The van der Waals surface area contributed by atoms with Crippen molar-refractivity contribution in [1.29, 1.82) is 0 Å². The van der Waals surface area contributed by atoms with Crippen LogP contribution in [-0.4, -0.2) is 12.6 Å². The number of benzene rings is 1. The molecule has 0 saturated heterocycles. The second kappa shape index (κ2) is 4.56. The number of aryl methyl sites for hydroxylation is 1. The lowest BCUT2D eigenvalue weighted by molar-refractivity contribution is 0.619. The molecule has 0 amide bonds. The standard InChI is InChI=1S/C13H20N2/c1-3-4-5-11-9-14-12-7-6-10(2)8-13(12)15-11/h6-8,11,14-15H,3-5,9H2,1-2H3. The van der Waals surface area contributed by atoms with Crippen LogP contribution in [-0.2, 0) is 0 Å². The van der Waals surface area contributed by atoms with Crippen LogP contribution in [0.15, 0.2) is 18.2 Å². The normalized spacial score (nSPS) is 18.9. The highest BCUT2D eigenvalue weighted by Crippen LogP contribution is 2.27. The third-order valence-electron chi connectivity index (χ3n) is 2.98. The maximum Gasteiger partial charge on any atom is 0.0581 e. The monoisotopic (exact) mass is 204 g/mol. The van der Waals surface area contributed by atoms with E-state index in [2.05, 4.69) is 42.7 Å². The fourth-order valence-electron chi connectivity index (χ4n) is 2.06. The van der Waals surface area contributed by atoms with Crippen molar-refractivity contribution in [3.63, 3.8) is 0 Å². The van der Waals surface area contributed by atoms with Crippen molar-refractivity contribution < 1.29 is 0 Å². The van der Waals surface area contributed by atoms with E-state index in [1.807, 2.05) is 0 Å². The summed E-state index contributed by atoms with van der Waals surface area (Å²) < 4.78 is 0. The molecule has 2 nitrogen and oxygen atoms in total. The van der Waals surface area contributed by atoms with E-state index in [1.54, 1.807) is 0 Å². The van der Waals surface area contributed by atoms with Crippen LogP contribution >= 0.6 is 0 Å². The maximum atomic E-state index is 3.61. The molecule has 1 aliphatic rings. The quantitative estimate of drug-likeness (QED) is 0.788. The molecule has 0 fully saturated rings. The second-order valence-electron chi connectivity index (χ2n) is 4.41. The fraction of sp³-hybridized carbons (Fsp3) is 0.538. The van der Waals surface area contributed by atoms with E-state index in [0.29, 0.717) is 6.04 Å². The van der Waals surface area contributed by atoms with Crippen molar-refractivity contribution >= 4 is 11.4 Å². The van der Waals surface area contributed by atoms with Gasteiger partial charge in [0.1, 0.15) is 0 Å². The van der Waals surface area contributed by atoms with E-state index >= 15 is 0 Å². The van der Waals surface area contributed by atoms with Gasteiger partial charge in [0.2, 0.25) is 0 Å². The molecule has 1 heterocycles. The molecule has 0 bridgehead atoms. The van der Waals surface area contributed by atoms with Gasteiger partial charge in [-0.25, -0.2) is 0 Å². The Hall–Kier alpha value is -1.18. The third kappa shape index (κ3) is 2.44. The molecular formula is C13H20N2. The molecule has 0 spiro atoms. The SMILES string of the molecule is CCCCC1CNc2ccc(C)cc2N1. The first-order valence-electron chi connectivity index (χ1n) is 5.90. The van der Waals surface area contributed by atoms with Crippen LogP contribution in [0.4, 0.5) is 11.4 Å². The van der Waals surface area contributed by atoms with Gasteiger partial charge >= 0.3 is 0 Å². The van der Waals surface area contributed by atoms with E-state index in [-0.39, 0.29) is 0 Å². The molecule has 1 aromatic rings. The summed E-state index contributed by atoms with van der Waals surface area (Å²) in [7, 11) is 0. The van der Waals surface area contributed by atoms with Gasteiger partial charge in [0.05, 0.1) is 11.4 Å². The largest absolute Gasteiger partial charge is 0.381 e. The lowest BCUT2D eigenvalue weighted by Gasteiger charge is -2.28. The van der Waals surface area contributed by atoms with Crippen LogP contribution < -0.4 is 10.6 Å². The van der Waals surface area contributed by atoms with Gasteiger partial charge in [0.25, 0.3) is 0 Å². The Morgan fingerprint density at radius 1 is 1.33 bits per heavy atom. The van der Waals surface area contributed by atoms with E-state index < -0.39 is 0 Å². The van der Waals surface area contributed by atoms with Gasteiger partial charge in [-0.3, -0.25) is 0 Å². The van der Waals surface area contributed by atoms with E-state index in [1.165, 1.54) is 36.2 Å². The summed E-state index contributed by atoms with van der Waals surface area (Å²) in [6.45, 7) is 5.43. The molecule has 0 aliphatic carbocycles. The van der Waals surface area contributed by atoms with E-state index in [9.17, 15) is 0 Å². The van der Waals surface area contributed by atoms with Crippen LogP contribution in [0.5, 0.6) is 0 Å². The van der Waals surface area contributed by atoms with Gasteiger partial charge in [0, 0.05) is 12.6 Å². The molecule has 1 aromatic carbocycles. The molecule has 15 heavy (non-hydrogen) atoms. The van der Waals surface area contributed by atoms with Gasteiger partial charge < -0.3 is 10.6 Å². The van der Waals surface area contributed by atoms with Crippen molar-refractivity contribution in [2.45, 2.75) is 39.2 Å². The maximum absolute atomic E-state index is 3.61. The first-order valence-corrected chi connectivity index (χ1v) is 5.90. The summed E-state index contributed by atoms with van der Waals surface area (Å²) in [6.07, 6.45) is 3.84. The molecule has 0 aromatic heterocycles. The number of hydrogen-bond acceptors (Lipinski definition) is 2. The molecule has 2 rings (SSSR count). The molecular weight excluding hydrogens is 184 g/mol. The Bertz CT molecular complexity index is 333. The predicted molar refractivity (Wildman–Crippen MR) is 66.6 cm³/mol. The zero-order chi connectivity index (χ0) is 10.7. The van der Waals surface area contributed by atoms with Crippen molar-refractivity contribution in [3.8, 4) is 0 Å². The molecule has 2 N–H and O–H groups in total. The third-order valence-corrected chi connectivity index (χ3v) is 2.98. The number of rotatable bonds is 3. The highest BCUT2D eigenvalue weighted by Gasteiger charge is 2.15. The lowest BCUT2D eigenvalue weighted by atomic mass is 10.1. The lowest BCUT2D eigenvalue weighted by Crippen LogP contribution is -2.32. The summed E-state index contributed by atoms with van der Waals surface area (Å²) in [5.74, 6) is 0. The zero-order valence-corrected chi connectivity index (χ0v) is 9.64. The van der Waals surface area contributed by atoms with Gasteiger partial charge in [-0.15, -0.1) is 0 Å². The van der Waals surface area contributed by atoms with Crippen LogP contribution in [0, 0.1) is 6.92 Å². The average Bonchev–Trinajstić information content (AvgIpc) is 2.25. The first-order chi connectivity index (χ1) is 7.29. The van der Waals surface area contributed by atoms with Crippen molar-refractivity contribution in [1.82, 2.24) is 0 Å². The summed E-state index contributed by atoms with van der Waals surface area (Å²) in [4.78, 5) is 0. The van der Waals surface area contributed by atoms with Gasteiger partial charge in [0.15, 0.2) is 0 Å². The van der Waals surface area contributed by atoms with Crippen molar-refractivity contribution in [2.75, 3.05) is 17.2 Å². The first kappa shape index (κ1) is 10.3. The average molecular weight is 204 g/mol. The number of fused-ring (bicyclic) bond motifs is 1. The second-order valence-corrected chi connectivity index (χ2v) is 4.41. The van der Waals surface area contributed by atoms with Crippen LogP contribution in [0.1, 0.15) is 31.7 Å². The smallest absolute Gasteiger partial charge is 0.0581 e. The van der Waals surface area contributed by atoms with E-state index in [4.69, 9.17) is 0 Å². The summed E-state index contributed by atoms with van der Waals surface area (Å²) >= 11 is 0. The van der Waals surface area contributed by atoms with Gasteiger partial charge in [-0.2, -0.15) is 0 Å². The molecule has 0 radical (unpaired) electrons. The molecule has 1 unspecified atom stereocenters. The molecule has 1 atom stereocenters. The van der Waals surface area contributed by atoms with Gasteiger partial charge in [-0.05, 0) is 31.0 Å². The Labute approximate surface area is 92.1 Å². The van der Waals surface area contributed by atoms with Crippen molar-refractivity contribution in [2.24, 2.45) is 0 Å². The Morgan fingerprint density at radius 3 is 3.00 bits per heavy atom. The number of unbranched alkanes of at least 4 members (excludes halogenated alkanes) is 1. The van der Waals surface area contributed by atoms with Crippen molar-refractivity contribution in [3.05, 3.63) is 23.8 Å². The molecule has 0 saturated carbocycles. The number of hydrogen-bond donors (Lipinski definition) is 2.